The number of nitrogens with one attached hydrogen (secondary N) is 2. The SMILES string of the molecule is Cc1nc(C)c(CNCC2CCCN2)s1. The van der Waals surface area contributed by atoms with Crippen LogP contribution in [0, 0.1) is 13.8 Å². The van der Waals surface area contributed by atoms with E-state index in [2.05, 4.69) is 29.5 Å². The Bertz CT molecular complexity index is 316. The molecule has 1 saturated heterocycles. The number of aryl methyl sites for hydroxylation is 2. The summed E-state index contributed by atoms with van der Waals surface area (Å²) in [5.74, 6) is 0. The van der Waals surface area contributed by atoms with Crippen LogP contribution in [-0.2, 0) is 6.54 Å². The molecule has 1 aromatic heterocycles. The van der Waals surface area contributed by atoms with Gasteiger partial charge < -0.3 is 10.6 Å². The van der Waals surface area contributed by atoms with Gasteiger partial charge in [-0.3, -0.25) is 0 Å². The van der Waals surface area contributed by atoms with Crippen LogP contribution in [0.25, 0.3) is 0 Å². The zero-order valence-corrected chi connectivity index (χ0v) is 10.3. The summed E-state index contributed by atoms with van der Waals surface area (Å²) in [6, 6.07) is 0.680. The number of aromatic nitrogens is 1. The highest BCUT2D eigenvalue weighted by molar-refractivity contribution is 7.11. The summed E-state index contributed by atoms with van der Waals surface area (Å²) >= 11 is 1.80. The molecule has 1 aliphatic rings. The zero-order chi connectivity index (χ0) is 10.7. The Kier molecular flexibility index (Phi) is 3.72. The van der Waals surface area contributed by atoms with Gasteiger partial charge in [-0.05, 0) is 33.2 Å². The Morgan fingerprint density at radius 3 is 3.00 bits per heavy atom. The van der Waals surface area contributed by atoms with Crippen molar-refractivity contribution in [2.75, 3.05) is 13.1 Å². The molecule has 0 saturated carbocycles. The highest BCUT2D eigenvalue weighted by Gasteiger charge is 2.13. The van der Waals surface area contributed by atoms with Crippen LogP contribution in [0.1, 0.15) is 28.4 Å². The van der Waals surface area contributed by atoms with Crippen LogP contribution < -0.4 is 10.6 Å². The Morgan fingerprint density at radius 1 is 1.53 bits per heavy atom. The smallest absolute Gasteiger partial charge is 0.0900 e. The van der Waals surface area contributed by atoms with Crippen molar-refractivity contribution in [1.29, 1.82) is 0 Å². The van der Waals surface area contributed by atoms with Gasteiger partial charge in [0.05, 0.1) is 10.7 Å². The van der Waals surface area contributed by atoms with Crippen LogP contribution in [-0.4, -0.2) is 24.1 Å². The van der Waals surface area contributed by atoms with E-state index in [1.54, 1.807) is 11.3 Å². The second-order valence-corrected chi connectivity index (χ2v) is 5.45. The lowest BCUT2D eigenvalue weighted by Crippen LogP contribution is -2.33. The standard InChI is InChI=1S/C11H19N3S/c1-8-11(15-9(2)14-8)7-12-6-10-4-3-5-13-10/h10,12-13H,3-7H2,1-2H3. The Labute approximate surface area is 95.3 Å². The third-order valence-electron chi connectivity index (χ3n) is 2.84. The number of rotatable bonds is 4. The summed E-state index contributed by atoms with van der Waals surface area (Å²) in [6.45, 7) is 7.39. The summed E-state index contributed by atoms with van der Waals surface area (Å²) in [5.41, 5.74) is 1.18. The van der Waals surface area contributed by atoms with Crippen LogP contribution in [0.5, 0.6) is 0 Å². The molecular weight excluding hydrogens is 206 g/mol. The lowest BCUT2D eigenvalue weighted by molar-refractivity contribution is 0.537. The maximum atomic E-state index is 4.42. The molecule has 1 atom stereocenters. The van der Waals surface area contributed by atoms with Gasteiger partial charge >= 0.3 is 0 Å². The molecule has 0 spiro atoms. The average Bonchev–Trinajstić information content (AvgIpc) is 2.77. The van der Waals surface area contributed by atoms with E-state index in [4.69, 9.17) is 0 Å². The molecule has 2 heterocycles. The van der Waals surface area contributed by atoms with Crippen molar-refractivity contribution >= 4 is 11.3 Å². The molecule has 1 unspecified atom stereocenters. The molecule has 1 aliphatic heterocycles. The van der Waals surface area contributed by atoms with Crippen molar-refractivity contribution in [2.45, 2.75) is 39.3 Å². The van der Waals surface area contributed by atoms with E-state index in [1.807, 2.05) is 0 Å². The number of thiazole rings is 1. The maximum absolute atomic E-state index is 4.42. The van der Waals surface area contributed by atoms with Crippen LogP contribution >= 0.6 is 11.3 Å². The summed E-state index contributed by atoms with van der Waals surface area (Å²) in [7, 11) is 0. The Hall–Kier alpha value is -0.450. The van der Waals surface area contributed by atoms with Gasteiger partial charge in [-0.15, -0.1) is 11.3 Å². The van der Waals surface area contributed by atoms with Gasteiger partial charge in [-0.1, -0.05) is 0 Å². The maximum Gasteiger partial charge on any atom is 0.0900 e. The van der Waals surface area contributed by atoms with E-state index in [-0.39, 0.29) is 0 Å². The van der Waals surface area contributed by atoms with Gasteiger partial charge in [0.25, 0.3) is 0 Å². The molecule has 1 fully saturated rings. The second kappa shape index (κ2) is 5.05. The summed E-state index contributed by atoms with van der Waals surface area (Å²) in [4.78, 5) is 5.80. The average molecular weight is 225 g/mol. The van der Waals surface area contributed by atoms with Crippen molar-refractivity contribution < 1.29 is 0 Å². The van der Waals surface area contributed by atoms with E-state index < -0.39 is 0 Å². The largest absolute Gasteiger partial charge is 0.313 e. The van der Waals surface area contributed by atoms with Crippen molar-refractivity contribution in [1.82, 2.24) is 15.6 Å². The summed E-state index contributed by atoms with van der Waals surface area (Å²) in [5, 5.41) is 8.16. The van der Waals surface area contributed by atoms with Gasteiger partial charge in [-0.25, -0.2) is 4.98 Å². The van der Waals surface area contributed by atoms with Crippen LogP contribution in [0.4, 0.5) is 0 Å². The number of hydrogen-bond acceptors (Lipinski definition) is 4. The molecule has 84 valence electrons. The molecular formula is C11H19N3S. The van der Waals surface area contributed by atoms with Gasteiger partial charge in [0, 0.05) is 24.0 Å². The predicted octanol–water partition coefficient (Wildman–Crippen LogP) is 1.60. The number of hydrogen-bond donors (Lipinski definition) is 2. The van der Waals surface area contributed by atoms with E-state index in [0.29, 0.717) is 6.04 Å². The molecule has 0 bridgehead atoms. The summed E-state index contributed by atoms with van der Waals surface area (Å²) in [6.07, 6.45) is 2.64. The highest BCUT2D eigenvalue weighted by Crippen LogP contribution is 2.16. The van der Waals surface area contributed by atoms with E-state index >= 15 is 0 Å². The molecule has 15 heavy (non-hydrogen) atoms. The van der Waals surface area contributed by atoms with Crippen molar-refractivity contribution in [2.24, 2.45) is 0 Å². The molecule has 1 aromatic rings. The first-order valence-electron chi connectivity index (χ1n) is 5.62. The molecule has 3 nitrogen and oxygen atoms in total. The monoisotopic (exact) mass is 225 g/mol. The first kappa shape index (κ1) is 11.0. The minimum Gasteiger partial charge on any atom is -0.313 e. The second-order valence-electron chi connectivity index (χ2n) is 4.17. The van der Waals surface area contributed by atoms with Gasteiger partial charge in [-0.2, -0.15) is 0 Å². The molecule has 2 N–H and O–H groups in total. The zero-order valence-electron chi connectivity index (χ0n) is 9.47. The summed E-state index contributed by atoms with van der Waals surface area (Å²) < 4.78 is 0. The number of nitrogens with zero attached hydrogens (tertiary/aromatic N) is 1. The third-order valence-corrected chi connectivity index (χ3v) is 3.91. The first-order chi connectivity index (χ1) is 7.25. The van der Waals surface area contributed by atoms with Crippen LogP contribution in [0.2, 0.25) is 0 Å². The normalized spacial score (nSPS) is 21.1. The molecule has 0 aliphatic carbocycles. The van der Waals surface area contributed by atoms with Crippen LogP contribution in [0.3, 0.4) is 0 Å². The van der Waals surface area contributed by atoms with Crippen molar-refractivity contribution in [3.05, 3.63) is 15.6 Å². The fraction of sp³-hybridized carbons (Fsp3) is 0.727. The molecule has 0 aromatic carbocycles. The van der Waals surface area contributed by atoms with Gasteiger partial charge in [0.2, 0.25) is 0 Å². The van der Waals surface area contributed by atoms with Crippen molar-refractivity contribution in [3.8, 4) is 0 Å². The first-order valence-corrected chi connectivity index (χ1v) is 6.44. The highest BCUT2D eigenvalue weighted by atomic mass is 32.1. The lowest BCUT2D eigenvalue weighted by Gasteiger charge is -2.10. The van der Waals surface area contributed by atoms with Gasteiger partial charge in [0.15, 0.2) is 0 Å². The fourth-order valence-corrected chi connectivity index (χ4v) is 2.94. The lowest BCUT2D eigenvalue weighted by atomic mass is 10.2. The molecule has 0 amide bonds. The van der Waals surface area contributed by atoms with Gasteiger partial charge in [0.1, 0.15) is 0 Å². The van der Waals surface area contributed by atoms with E-state index in [9.17, 15) is 0 Å². The van der Waals surface area contributed by atoms with Crippen molar-refractivity contribution in [3.63, 3.8) is 0 Å². The van der Waals surface area contributed by atoms with Crippen LogP contribution in [0.15, 0.2) is 0 Å². The van der Waals surface area contributed by atoms with E-state index in [0.717, 1.165) is 13.1 Å². The fourth-order valence-electron chi connectivity index (χ4n) is 2.03. The molecule has 4 heteroatoms. The van der Waals surface area contributed by atoms with E-state index in [1.165, 1.54) is 35.0 Å². The Balaban J connectivity index is 1.75. The molecule has 0 radical (unpaired) electrons. The minimum atomic E-state index is 0.680. The minimum absolute atomic E-state index is 0.680. The predicted molar refractivity (Wildman–Crippen MR) is 64.3 cm³/mol. The quantitative estimate of drug-likeness (QED) is 0.817. The Morgan fingerprint density at radius 2 is 2.40 bits per heavy atom. The third kappa shape index (κ3) is 3.00. The molecule has 2 rings (SSSR count). The topological polar surface area (TPSA) is 37.0 Å².